The minimum absolute atomic E-state index is 0.375. The van der Waals surface area contributed by atoms with Crippen LogP contribution in [0.5, 0.6) is 5.75 Å². The van der Waals surface area contributed by atoms with Crippen LogP contribution >= 0.6 is 0 Å². The molecule has 0 aromatic heterocycles. The second-order valence-corrected chi connectivity index (χ2v) is 2.85. The maximum Gasteiger partial charge on any atom is 0.422 e. The fraction of sp³-hybridized carbons (Fsp3) is 0.222. The summed E-state index contributed by atoms with van der Waals surface area (Å²) in [7, 11) is 0. The lowest BCUT2D eigenvalue weighted by Gasteiger charge is -2.09. The van der Waals surface area contributed by atoms with Crippen molar-refractivity contribution in [3.63, 3.8) is 0 Å². The lowest BCUT2D eigenvalue weighted by Crippen LogP contribution is -2.19. The van der Waals surface area contributed by atoms with Gasteiger partial charge in [-0.15, -0.1) is 0 Å². The normalized spacial score (nSPS) is 11.2. The molecule has 0 heterocycles. The van der Waals surface area contributed by atoms with Crippen molar-refractivity contribution in [3.8, 4) is 5.75 Å². The third kappa shape index (κ3) is 3.41. The molecule has 88 valence electrons. The Morgan fingerprint density at radius 2 is 2.00 bits per heavy atom. The van der Waals surface area contributed by atoms with Crippen LogP contribution in [-0.2, 0) is 0 Å². The summed E-state index contributed by atoms with van der Waals surface area (Å²) in [4.78, 5) is 10.4. The number of ether oxygens (including phenoxy) is 1. The van der Waals surface area contributed by atoms with E-state index >= 15 is 0 Å². The van der Waals surface area contributed by atoms with Gasteiger partial charge in [0, 0.05) is 6.07 Å². The summed E-state index contributed by atoms with van der Waals surface area (Å²) in [6, 6.07) is 2.39. The van der Waals surface area contributed by atoms with E-state index in [2.05, 4.69) is 4.74 Å². The van der Waals surface area contributed by atoms with Crippen LogP contribution in [0.2, 0.25) is 0 Å². The largest absolute Gasteiger partial charge is 0.484 e. The van der Waals surface area contributed by atoms with Crippen LogP contribution in [0.15, 0.2) is 18.2 Å². The Morgan fingerprint density at radius 1 is 1.38 bits per heavy atom. The topological polar surface area (TPSA) is 46.5 Å². The van der Waals surface area contributed by atoms with Gasteiger partial charge >= 0.3 is 12.1 Å². The van der Waals surface area contributed by atoms with Gasteiger partial charge in [-0.25, -0.2) is 9.18 Å². The molecule has 1 N–H and O–H groups in total. The number of hydrogen-bond acceptors (Lipinski definition) is 2. The minimum atomic E-state index is -4.53. The molecule has 0 bridgehead atoms. The number of carbonyl (C=O) groups is 1. The molecular formula is C9H6F4O3. The summed E-state index contributed by atoms with van der Waals surface area (Å²) >= 11 is 0. The maximum atomic E-state index is 13.0. The van der Waals surface area contributed by atoms with E-state index in [-0.39, 0.29) is 5.75 Å². The van der Waals surface area contributed by atoms with Crippen molar-refractivity contribution in [3.05, 3.63) is 29.6 Å². The van der Waals surface area contributed by atoms with E-state index in [1.54, 1.807) is 0 Å². The van der Waals surface area contributed by atoms with Crippen molar-refractivity contribution in [2.45, 2.75) is 6.18 Å². The molecule has 1 aromatic carbocycles. The number of carboxylic acids is 1. The summed E-state index contributed by atoms with van der Waals surface area (Å²) in [5.41, 5.74) is -0.626. The number of alkyl halides is 3. The predicted octanol–water partition coefficient (Wildman–Crippen LogP) is 2.47. The molecule has 0 unspecified atom stereocenters. The van der Waals surface area contributed by atoms with E-state index in [4.69, 9.17) is 5.11 Å². The van der Waals surface area contributed by atoms with Gasteiger partial charge in [0.15, 0.2) is 6.61 Å². The average Bonchev–Trinajstić information content (AvgIpc) is 2.13. The lowest BCUT2D eigenvalue weighted by atomic mass is 10.2. The smallest absolute Gasteiger partial charge is 0.422 e. The van der Waals surface area contributed by atoms with Crippen molar-refractivity contribution in [1.29, 1.82) is 0 Å². The zero-order valence-electron chi connectivity index (χ0n) is 7.71. The zero-order valence-corrected chi connectivity index (χ0v) is 7.71. The quantitative estimate of drug-likeness (QED) is 0.823. The molecule has 0 saturated carbocycles. The van der Waals surface area contributed by atoms with Crippen LogP contribution in [0.4, 0.5) is 17.6 Å². The molecule has 0 spiro atoms. The predicted molar refractivity (Wildman–Crippen MR) is 44.9 cm³/mol. The Bertz CT molecular complexity index is 400. The van der Waals surface area contributed by atoms with Crippen LogP contribution in [0, 0.1) is 5.82 Å². The third-order valence-electron chi connectivity index (χ3n) is 1.57. The first-order valence-electron chi connectivity index (χ1n) is 4.02. The molecule has 1 aromatic rings. The zero-order chi connectivity index (χ0) is 12.3. The molecule has 0 fully saturated rings. The van der Waals surface area contributed by atoms with E-state index in [1.807, 2.05) is 0 Å². The van der Waals surface area contributed by atoms with E-state index in [1.165, 1.54) is 0 Å². The van der Waals surface area contributed by atoms with E-state index < -0.39 is 30.1 Å². The molecule has 16 heavy (non-hydrogen) atoms. The number of benzene rings is 1. The van der Waals surface area contributed by atoms with Gasteiger partial charge in [-0.05, 0) is 12.1 Å². The van der Waals surface area contributed by atoms with Crippen LogP contribution in [0.3, 0.4) is 0 Å². The number of halogens is 4. The van der Waals surface area contributed by atoms with Crippen LogP contribution in [-0.4, -0.2) is 23.9 Å². The van der Waals surface area contributed by atoms with E-state index in [9.17, 15) is 22.4 Å². The Morgan fingerprint density at radius 3 is 2.44 bits per heavy atom. The third-order valence-corrected chi connectivity index (χ3v) is 1.57. The first-order chi connectivity index (χ1) is 7.29. The van der Waals surface area contributed by atoms with Gasteiger partial charge in [0.2, 0.25) is 0 Å². The van der Waals surface area contributed by atoms with Crippen molar-refractivity contribution < 1.29 is 32.2 Å². The number of rotatable bonds is 3. The molecule has 3 nitrogen and oxygen atoms in total. The maximum absolute atomic E-state index is 13.0. The average molecular weight is 238 g/mol. The molecule has 0 saturated heterocycles. The summed E-state index contributed by atoms with van der Waals surface area (Å²) < 4.78 is 52.4. The molecule has 0 aliphatic rings. The van der Waals surface area contributed by atoms with Crippen molar-refractivity contribution >= 4 is 5.97 Å². The molecule has 0 radical (unpaired) electrons. The van der Waals surface area contributed by atoms with Crippen molar-refractivity contribution in [2.24, 2.45) is 0 Å². The van der Waals surface area contributed by atoms with Gasteiger partial charge < -0.3 is 9.84 Å². The molecule has 0 aliphatic carbocycles. The SMILES string of the molecule is O=C(O)c1ccc(OCC(F)(F)F)cc1F. The molecule has 7 heteroatoms. The monoisotopic (exact) mass is 238 g/mol. The highest BCUT2D eigenvalue weighted by Crippen LogP contribution is 2.20. The number of carboxylic acid groups (broad SMARTS) is 1. The standard InChI is InChI=1S/C9H6F4O3/c10-7-3-5(16-4-9(11,12)13)1-2-6(7)8(14)15/h1-3H,4H2,(H,14,15). The van der Waals surface area contributed by atoms with Crippen LogP contribution in [0.1, 0.15) is 10.4 Å². The summed E-state index contributed by atoms with van der Waals surface area (Å²) in [5, 5.41) is 8.45. The van der Waals surface area contributed by atoms with E-state index in [0.29, 0.717) is 6.07 Å². The molecular weight excluding hydrogens is 232 g/mol. The molecule has 0 atom stereocenters. The highest BCUT2D eigenvalue weighted by atomic mass is 19.4. The van der Waals surface area contributed by atoms with Gasteiger partial charge in [0.1, 0.15) is 11.6 Å². The number of hydrogen-bond donors (Lipinski definition) is 1. The fourth-order valence-corrected chi connectivity index (χ4v) is 0.924. The highest BCUT2D eigenvalue weighted by molar-refractivity contribution is 5.88. The second kappa shape index (κ2) is 4.38. The van der Waals surface area contributed by atoms with Crippen molar-refractivity contribution in [2.75, 3.05) is 6.61 Å². The van der Waals surface area contributed by atoms with E-state index in [0.717, 1.165) is 12.1 Å². The Labute approximate surface area is 87.3 Å². The summed E-state index contributed by atoms with van der Waals surface area (Å²) in [6.45, 7) is -1.56. The summed E-state index contributed by atoms with van der Waals surface area (Å²) in [6.07, 6.45) is -4.53. The van der Waals surface area contributed by atoms with Gasteiger partial charge in [-0.1, -0.05) is 0 Å². The van der Waals surface area contributed by atoms with Crippen LogP contribution in [0.25, 0.3) is 0 Å². The molecule has 0 amide bonds. The van der Waals surface area contributed by atoms with Crippen LogP contribution < -0.4 is 4.74 Å². The van der Waals surface area contributed by atoms with Gasteiger partial charge in [-0.3, -0.25) is 0 Å². The van der Waals surface area contributed by atoms with Crippen molar-refractivity contribution in [1.82, 2.24) is 0 Å². The van der Waals surface area contributed by atoms with Gasteiger partial charge in [0.05, 0.1) is 5.56 Å². The minimum Gasteiger partial charge on any atom is -0.484 e. The second-order valence-electron chi connectivity index (χ2n) is 2.85. The molecule has 0 aliphatic heterocycles. The first-order valence-corrected chi connectivity index (χ1v) is 4.02. The Kier molecular flexibility index (Phi) is 3.36. The highest BCUT2D eigenvalue weighted by Gasteiger charge is 2.28. The number of aromatic carboxylic acids is 1. The Balaban J connectivity index is 2.78. The molecule has 1 rings (SSSR count). The lowest BCUT2D eigenvalue weighted by molar-refractivity contribution is -0.153. The fourth-order valence-electron chi connectivity index (χ4n) is 0.924. The Hall–Kier alpha value is -1.79. The first kappa shape index (κ1) is 12.3. The van der Waals surface area contributed by atoms with Gasteiger partial charge in [-0.2, -0.15) is 13.2 Å². The van der Waals surface area contributed by atoms with Gasteiger partial charge in [0.25, 0.3) is 0 Å². The summed E-state index contributed by atoms with van der Waals surface area (Å²) in [5.74, 6) is -3.02.